The van der Waals surface area contributed by atoms with Crippen molar-refractivity contribution < 1.29 is 23.9 Å². The molecule has 144 valence electrons. The van der Waals surface area contributed by atoms with Gasteiger partial charge in [0.25, 0.3) is 5.91 Å². The van der Waals surface area contributed by atoms with Crippen molar-refractivity contribution in [1.82, 2.24) is 4.90 Å². The minimum atomic E-state index is -0.785. The molecule has 8 heteroatoms. The molecule has 0 bridgehead atoms. The average molecular weight is 393 g/mol. The summed E-state index contributed by atoms with van der Waals surface area (Å²) in [7, 11) is 0. The van der Waals surface area contributed by atoms with Crippen LogP contribution in [0.5, 0.6) is 0 Å². The van der Waals surface area contributed by atoms with Gasteiger partial charge in [-0.2, -0.15) is 0 Å². The van der Waals surface area contributed by atoms with E-state index in [1.165, 1.54) is 0 Å². The summed E-state index contributed by atoms with van der Waals surface area (Å²) in [4.78, 5) is 49.5. The van der Waals surface area contributed by atoms with Crippen LogP contribution in [0.3, 0.4) is 0 Å². The summed E-state index contributed by atoms with van der Waals surface area (Å²) in [6.07, 6.45) is 3.20. The topological polar surface area (TPSA) is 92.8 Å². The Labute approximate surface area is 162 Å². The van der Waals surface area contributed by atoms with Crippen LogP contribution in [0.2, 0.25) is 5.02 Å². The van der Waals surface area contributed by atoms with Crippen LogP contribution in [-0.2, 0) is 23.9 Å². The molecule has 2 unspecified atom stereocenters. The van der Waals surface area contributed by atoms with Crippen LogP contribution in [0, 0.1) is 18.8 Å². The standard InChI is InChI=1S/C19H21ClN2O5/c1-11-6-7-12(8-15(11)20)21-16(23)10-27-17(24)9-22-18(25)13-4-2-3-5-14(13)19(22)26/h6-8,13-14H,2-5,9-10H2,1H3,(H,21,23). The molecular formula is C19H21ClN2O5. The first-order valence-corrected chi connectivity index (χ1v) is 9.31. The number of imide groups is 1. The predicted octanol–water partition coefficient (Wildman–Crippen LogP) is 2.31. The monoisotopic (exact) mass is 392 g/mol. The van der Waals surface area contributed by atoms with Crippen LogP contribution < -0.4 is 5.32 Å². The van der Waals surface area contributed by atoms with Gasteiger partial charge >= 0.3 is 5.97 Å². The van der Waals surface area contributed by atoms with Crippen molar-refractivity contribution in [3.63, 3.8) is 0 Å². The van der Waals surface area contributed by atoms with E-state index in [0.29, 0.717) is 23.6 Å². The number of halogens is 1. The van der Waals surface area contributed by atoms with Gasteiger partial charge in [-0.15, -0.1) is 0 Å². The molecule has 3 amide bonds. The Kier molecular flexibility index (Phi) is 5.79. The van der Waals surface area contributed by atoms with E-state index < -0.39 is 25.0 Å². The Bertz CT molecular complexity index is 770. The predicted molar refractivity (Wildman–Crippen MR) is 97.9 cm³/mol. The van der Waals surface area contributed by atoms with Crippen LogP contribution in [0.25, 0.3) is 0 Å². The van der Waals surface area contributed by atoms with E-state index in [-0.39, 0.29) is 23.7 Å². The summed E-state index contributed by atoms with van der Waals surface area (Å²) in [5.41, 5.74) is 1.36. The smallest absolute Gasteiger partial charge is 0.326 e. The molecule has 1 aliphatic carbocycles. The van der Waals surface area contributed by atoms with Crippen molar-refractivity contribution in [2.24, 2.45) is 11.8 Å². The molecule has 2 fully saturated rings. The number of aryl methyl sites for hydroxylation is 1. The lowest BCUT2D eigenvalue weighted by atomic mass is 9.81. The highest BCUT2D eigenvalue weighted by Gasteiger charge is 2.48. The second-order valence-corrected chi connectivity index (χ2v) is 7.34. The molecule has 1 aliphatic heterocycles. The molecule has 1 heterocycles. The number of amides is 3. The van der Waals surface area contributed by atoms with Crippen LogP contribution >= 0.6 is 11.6 Å². The zero-order chi connectivity index (χ0) is 19.6. The molecule has 1 aromatic rings. The van der Waals surface area contributed by atoms with E-state index >= 15 is 0 Å². The molecule has 0 radical (unpaired) electrons. The Morgan fingerprint density at radius 3 is 2.41 bits per heavy atom. The van der Waals surface area contributed by atoms with Crippen molar-refractivity contribution in [2.75, 3.05) is 18.5 Å². The molecule has 2 atom stereocenters. The van der Waals surface area contributed by atoms with Crippen LogP contribution in [-0.4, -0.2) is 41.7 Å². The first kappa shape index (κ1) is 19.4. The number of fused-ring (bicyclic) bond motifs is 1. The zero-order valence-corrected chi connectivity index (χ0v) is 15.8. The minimum Gasteiger partial charge on any atom is -0.454 e. The van der Waals surface area contributed by atoms with E-state index in [4.69, 9.17) is 16.3 Å². The normalized spacial score (nSPS) is 21.8. The van der Waals surface area contributed by atoms with E-state index in [1.807, 2.05) is 6.92 Å². The summed E-state index contributed by atoms with van der Waals surface area (Å²) in [5, 5.41) is 3.08. The highest BCUT2D eigenvalue weighted by atomic mass is 35.5. The summed E-state index contributed by atoms with van der Waals surface area (Å²) in [5.74, 6) is -2.55. The van der Waals surface area contributed by atoms with Gasteiger partial charge in [0.2, 0.25) is 11.8 Å². The molecule has 0 spiro atoms. The average Bonchev–Trinajstić information content (AvgIpc) is 2.88. The van der Waals surface area contributed by atoms with Gasteiger partial charge in [-0.05, 0) is 37.5 Å². The van der Waals surface area contributed by atoms with Gasteiger partial charge in [-0.1, -0.05) is 30.5 Å². The highest BCUT2D eigenvalue weighted by molar-refractivity contribution is 6.31. The van der Waals surface area contributed by atoms with E-state index in [1.54, 1.807) is 18.2 Å². The van der Waals surface area contributed by atoms with Gasteiger partial charge < -0.3 is 10.1 Å². The minimum absolute atomic E-state index is 0.305. The van der Waals surface area contributed by atoms with Gasteiger partial charge in [0.15, 0.2) is 6.61 Å². The molecule has 2 aliphatic rings. The van der Waals surface area contributed by atoms with E-state index in [9.17, 15) is 19.2 Å². The zero-order valence-electron chi connectivity index (χ0n) is 15.0. The van der Waals surface area contributed by atoms with E-state index in [0.717, 1.165) is 23.3 Å². The number of nitrogens with one attached hydrogen (secondary N) is 1. The lowest BCUT2D eigenvalue weighted by molar-refractivity contribution is -0.154. The number of esters is 1. The van der Waals surface area contributed by atoms with Gasteiger partial charge in [-0.3, -0.25) is 24.1 Å². The number of anilines is 1. The maximum absolute atomic E-state index is 12.3. The van der Waals surface area contributed by atoms with Crippen molar-refractivity contribution in [2.45, 2.75) is 32.6 Å². The number of ether oxygens (including phenoxy) is 1. The maximum atomic E-state index is 12.3. The fourth-order valence-corrected chi connectivity index (χ4v) is 3.76. The van der Waals surface area contributed by atoms with Crippen LogP contribution in [0.15, 0.2) is 18.2 Å². The number of hydrogen-bond acceptors (Lipinski definition) is 5. The number of carbonyl (C=O) groups is 4. The second-order valence-electron chi connectivity index (χ2n) is 6.93. The number of benzene rings is 1. The van der Waals surface area contributed by atoms with Crippen LogP contribution in [0.4, 0.5) is 5.69 Å². The van der Waals surface area contributed by atoms with Gasteiger partial charge in [0.1, 0.15) is 6.54 Å². The number of hydrogen-bond donors (Lipinski definition) is 1. The molecule has 7 nitrogen and oxygen atoms in total. The lowest BCUT2D eigenvalue weighted by Gasteiger charge is -2.19. The number of rotatable bonds is 5. The quantitative estimate of drug-likeness (QED) is 0.613. The molecule has 1 N–H and O–H groups in total. The van der Waals surface area contributed by atoms with Gasteiger partial charge in [-0.25, -0.2) is 0 Å². The molecule has 1 saturated carbocycles. The molecular weight excluding hydrogens is 372 g/mol. The highest BCUT2D eigenvalue weighted by Crippen LogP contribution is 2.37. The Balaban J connectivity index is 1.49. The molecule has 1 aromatic carbocycles. The number of carbonyl (C=O) groups excluding carboxylic acids is 4. The Hall–Kier alpha value is -2.41. The van der Waals surface area contributed by atoms with Crippen molar-refractivity contribution in [3.05, 3.63) is 28.8 Å². The third-order valence-electron chi connectivity index (χ3n) is 5.04. The summed E-state index contributed by atoms with van der Waals surface area (Å²) in [6.45, 7) is 0.883. The fourth-order valence-electron chi connectivity index (χ4n) is 3.58. The van der Waals surface area contributed by atoms with E-state index in [2.05, 4.69) is 5.32 Å². The Morgan fingerprint density at radius 2 is 1.81 bits per heavy atom. The van der Waals surface area contributed by atoms with Gasteiger partial charge in [0, 0.05) is 10.7 Å². The summed E-state index contributed by atoms with van der Waals surface area (Å²) < 4.78 is 4.91. The fraction of sp³-hybridized carbons (Fsp3) is 0.474. The van der Waals surface area contributed by atoms with Crippen molar-refractivity contribution in [3.8, 4) is 0 Å². The molecule has 3 rings (SSSR count). The lowest BCUT2D eigenvalue weighted by Crippen LogP contribution is -2.37. The molecule has 0 aromatic heterocycles. The number of nitrogens with zero attached hydrogens (tertiary/aromatic N) is 1. The second kappa shape index (κ2) is 8.08. The first-order chi connectivity index (χ1) is 12.9. The van der Waals surface area contributed by atoms with Gasteiger partial charge in [0.05, 0.1) is 11.8 Å². The Morgan fingerprint density at radius 1 is 1.19 bits per heavy atom. The molecule has 1 saturated heterocycles. The third kappa shape index (κ3) is 4.30. The summed E-state index contributed by atoms with van der Waals surface area (Å²) >= 11 is 5.99. The van der Waals surface area contributed by atoms with Crippen LogP contribution in [0.1, 0.15) is 31.2 Å². The van der Waals surface area contributed by atoms with Crippen molar-refractivity contribution in [1.29, 1.82) is 0 Å². The SMILES string of the molecule is Cc1ccc(NC(=O)COC(=O)CN2C(=O)C3CCCCC3C2=O)cc1Cl. The number of likely N-dealkylation sites (tertiary alicyclic amines) is 1. The largest absolute Gasteiger partial charge is 0.454 e. The maximum Gasteiger partial charge on any atom is 0.326 e. The molecule has 27 heavy (non-hydrogen) atoms. The third-order valence-corrected chi connectivity index (χ3v) is 5.45. The van der Waals surface area contributed by atoms with Crippen molar-refractivity contribution >= 4 is 41.0 Å². The summed E-state index contributed by atoms with van der Waals surface area (Å²) in [6, 6.07) is 5.04. The first-order valence-electron chi connectivity index (χ1n) is 8.93.